The minimum atomic E-state index is -0.393. The van der Waals surface area contributed by atoms with E-state index >= 15 is 0 Å². The largest absolute Gasteiger partial charge is 0.301 e. The van der Waals surface area contributed by atoms with Crippen molar-refractivity contribution in [3.8, 4) is 0 Å². The lowest BCUT2D eigenvalue weighted by Crippen LogP contribution is -2.49. The Bertz CT molecular complexity index is 312. The number of aliphatic imine (C=N–C) groups is 1. The molecule has 1 aliphatic heterocycles. The third-order valence-electron chi connectivity index (χ3n) is 2.50. The van der Waals surface area contributed by atoms with Gasteiger partial charge in [-0.1, -0.05) is 0 Å². The number of hydrogen-bond acceptors (Lipinski definition) is 4. The van der Waals surface area contributed by atoms with E-state index in [9.17, 15) is 4.79 Å². The molecule has 0 fully saturated rings. The first-order chi connectivity index (χ1) is 6.36. The fourth-order valence-electron chi connectivity index (χ4n) is 2.08. The first kappa shape index (κ1) is 11.1. The zero-order chi connectivity index (χ0) is 11.0. The van der Waals surface area contributed by atoms with Crippen LogP contribution in [0, 0.1) is 0 Å². The summed E-state index contributed by atoms with van der Waals surface area (Å²) in [7, 11) is 1.62. The number of carbonyl (C=O) groups excluding carboxylic acids is 1. The Kier molecular flexibility index (Phi) is 2.63. The van der Waals surface area contributed by atoms with Crippen molar-refractivity contribution in [3.05, 3.63) is 11.8 Å². The summed E-state index contributed by atoms with van der Waals surface area (Å²) < 4.78 is 0. The fraction of sp³-hybridized carbons (Fsp3) is 0.700. The lowest BCUT2D eigenvalue weighted by atomic mass is 10.0. The molecule has 0 aromatic rings. The van der Waals surface area contributed by atoms with Crippen LogP contribution in [0.5, 0.6) is 0 Å². The number of hydrogen-bond donors (Lipinski definition) is 0. The van der Waals surface area contributed by atoms with Gasteiger partial charge in [0, 0.05) is 0 Å². The van der Waals surface area contributed by atoms with Crippen molar-refractivity contribution in [2.24, 2.45) is 4.99 Å². The molecule has 0 amide bonds. The third kappa shape index (κ3) is 1.52. The van der Waals surface area contributed by atoms with Gasteiger partial charge < -0.3 is 4.84 Å². The summed E-state index contributed by atoms with van der Waals surface area (Å²) in [5.74, 6) is 0. The maximum Gasteiger partial charge on any atom is 0.240 e. The van der Waals surface area contributed by atoms with Gasteiger partial charge in [-0.05, 0) is 33.8 Å². The van der Waals surface area contributed by atoms with Gasteiger partial charge >= 0.3 is 0 Å². The monoisotopic (exact) mass is 196 g/mol. The molecule has 1 rings (SSSR count). The highest BCUT2D eigenvalue weighted by Crippen LogP contribution is 2.39. The van der Waals surface area contributed by atoms with Crippen LogP contribution in [0.2, 0.25) is 0 Å². The van der Waals surface area contributed by atoms with Crippen LogP contribution < -0.4 is 0 Å². The van der Waals surface area contributed by atoms with Crippen LogP contribution in [-0.4, -0.2) is 29.3 Å². The van der Waals surface area contributed by atoms with Crippen molar-refractivity contribution in [1.82, 2.24) is 5.06 Å². The summed E-state index contributed by atoms with van der Waals surface area (Å²) in [6.07, 6.45) is 3.49. The first-order valence-corrected chi connectivity index (χ1v) is 4.52. The van der Waals surface area contributed by atoms with Crippen molar-refractivity contribution < 1.29 is 9.63 Å². The van der Waals surface area contributed by atoms with E-state index in [-0.39, 0.29) is 5.54 Å². The second-order valence-electron chi connectivity index (χ2n) is 4.42. The molecule has 0 radical (unpaired) electrons. The minimum absolute atomic E-state index is 0.256. The van der Waals surface area contributed by atoms with Crippen LogP contribution in [0.15, 0.2) is 16.8 Å². The predicted molar refractivity (Wildman–Crippen MR) is 53.2 cm³/mol. The second-order valence-corrected chi connectivity index (χ2v) is 4.42. The van der Waals surface area contributed by atoms with Crippen LogP contribution in [0.3, 0.4) is 0 Å². The summed E-state index contributed by atoms with van der Waals surface area (Å²) in [4.78, 5) is 19.3. The van der Waals surface area contributed by atoms with Crippen LogP contribution in [0.4, 0.5) is 0 Å². The molecule has 0 unspecified atom stereocenters. The normalized spacial score (nSPS) is 24.2. The molecular weight excluding hydrogens is 180 g/mol. The molecule has 0 atom stereocenters. The molecule has 78 valence electrons. The van der Waals surface area contributed by atoms with E-state index in [4.69, 9.17) is 4.84 Å². The van der Waals surface area contributed by atoms with E-state index in [1.54, 1.807) is 13.2 Å². The Morgan fingerprint density at radius 1 is 1.43 bits per heavy atom. The molecule has 4 nitrogen and oxygen atoms in total. The van der Waals surface area contributed by atoms with E-state index in [1.165, 1.54) is 0 Å². The molecule has 0 saturated heterocycles. The van der Waals surface area contributed by atoms with Gasteiger partial charge in [-0.2, -0.15) is 10.1 Å². The first-order valence-electron chi connectivity index (χ1n) is 4.52. The van der Waals surface area contributed by atoms with Crippen molar-refractivity contribution >= 4 is 6.08 Å². The van der Waals surface area contributed by atoms with Crippen molar-refractivity contribution in [2.45, 2.75) is 38.8 Å². The summed E-state index contributed by atoms with van der Waals surface area (Å²) in [6.45, 7) is 7.92. The Hall–Kier alpha value is -0.960. The average molecular weight is 196 g/mol. The molecule has 0 saturated carbocycles. The molecule has 0 N–H and O–H groups in total. The molecular formula is C10H16N2O2. The van der Waals surface area contributed by atoms with Gasteiger partial charge in [0.05, 0.1) is 23.9 Å². The smallest absolute Gasteiger partial charge is 0.240 e. The van der Waals surface area contributed by atoms with Gasteiger partial charge in [-0.15, -0.1) is 0 Å². The maximum atomic E-state index is 10.3. The van der Waals surface area contributed by atoms with Crippen molar-refractivity contribution in [1.29, 1.82) is 0 Å². The van der Waals surface area contributed by atoms with Gasteiger partial charge in [0.25, 0.3) is 0 Å². The van der Waals surface area contributed by atoms with Gasteiger partial charge in [-0.3, -0.25) is 0 Å². The van der Waals surface area contributed by atoms with Crippen LogP contribution >= 0.6 is 0 Å². The van der Waals surface area contributed by atoms with Crippen molar-refractivity contribution in [3.63, 3.8) is 0 Å². The Balaban J connectivity index is 3.17. The molecule has 0 aromatic carbocycles. The number of hydroxylamine groups is 2. The summed E-state index contributed by atoms with van der Waals surface area (Å²) >= 11 is 0. The Labute approximate surface area is 84.2 Å². The predicted octanol–water partition coefficient (Wildman–Crippen LogP) is 1.64. The number of nitrogens with zero attached hydrogens (tertiary/aromatic N) is 2. The summed E-state index contributed by atoms with van der Waals surface area (Å²) in [5.41, 5.74) is 0.0446. The Morgan fingerprint density at radius 2 is 2.00 bits per heavy atom. The zero-order valence-corrected chi connectivity index (χ0v) is 9.29. The highest BCUT2D eigenvalue weighted by Gasteiger charge is 2.46. The second kappa shape index (κ2) is 3.31. The maximum absolute atomic E-state index is 10.3. The number of rotatable bonds is 2. The number of isocyanates is 1. The minimum Gasteiger partial charge on any atom is -0.301 e. The van der Waals surface area contributed by atoms with E-state index in [0.29, 0.717) is 5.70 Å². The van der Waals surface area contributed by atoms with Crippen LogP contribution in [0.25, 0.3) is 0 Å². The summed E-state index contributed by atoms with van der Waals surface area (Å²) in [5, 5.41) is 1.82. The van der Waals surface area contributed by atoms with Crippen molar-refractivity contribution in [2.75, 3.05) is 7.11 Å². The topological polar surface area (TPSA) is 41.9 Å². The van der Waals surface area contributed by atoms with Crippen LogP contribution in [0.1, 0.15) is 27.7 Å². The molecule has 0 spiro atoms. The van der Waals surface area contributed by atoms with Gasteiger partial charge in [-0.25, -0.2) is 4.79 Å². The lowest BCUT2D eigenvalue weighted by Gasteiger charge is -2.38. The van der Waals surface area contributed by atoms with E-state index in [2.05, 4.69) is 4.99 Å². The average Bonchev–Trinajstić information content (AvgIpc) is 2.18. The van der Waals surface area contributed by atoms with Gasteiger partial charge in [0.15, 0.2) is 0 Å². The third-order valence-corrected chi connectivity index (χ3v) is 2.50. The highest BCUT2D eigenvalue weighted by atomic mass is 16.7. The van der Waals surface area contributed by atoms with E-state index < -0.39 is 5.54 Å². The molecule has 4 heteroatoms. The molecule has 14 heavy (non-hydrogen) atoms. The molecule has 1 heterocycles. The lowest BCUT2D eigenvalue weighted by molar-refractivity contribution is -0.213. The van der Waals surface area contributed by atoms with E-state index in [0.717, 1.165) is 0 Å². The molecule has 0 aromatic heterocycles. The van der Waals surface area contributed by atoms with E-state index in [1.807, 2.05) is 38.8 Å². The molecule has 1 aliphatic rings. The quantitative estimate of drug-likeness (QED) is 0.498. The SMILES string of the molecule is CON1C(C)(C)C=C(N=C=O)C1(C)C. The molecule has 0 bridgehead atoms. The molecule has 0 aliphatic carbocycles. The fourth-order valence-corrected chi connectivity index (χ4v) is 2.08. The summed E-state index contributed by atoms with van der Waals surface area (Å²) in [6, 6.07) is 0. The van der Waals surface area contributed by atoms with Crippen LogP contribution in [-0.2, 0) is 9.63 Å². The highest BCUT2D eigenvalue weighted by molar-refractivity contribution is 5.42. The standard InChI is InChI=1S/C10H16N2O2/c1-9(2)6-8(11-7-13)10(3,4)12(9)14-5/h6H,1-5H3. The van der Waals surface area contributed by atoms with Gasteiger partial charge in [0.1, 0.15) is 0 Å². The Morgan fingerprint density at radius 3 is 2.36 bits per heavy atom. The van der Waals surface area contributed by atoms with Gasteiger partial charge in [0.2, 0.25) is 6.08 Å². The zero-order valence-electron chi connectivity index (χ0n) is 9.29.